The Bertz CT molecular complexity index is 862. The molecule has 1 atom stereocenters. The molecular formula is C23H27FN4O. The minimum Gasteiger partial charge on any atom is -0.369 e. The summed E-state index contributed by atoms with van der Waals surface area (Å²) in [5.74, 6) is -0.239. The van der Waals surface area contributed by atoms with Crippen molar-refractivity contribution >= 4 is 11.6 Å². The molecule has 0 aliphatic carbocycles. The number of benzene rings is 2. The Morgan fingerprint density at radius 2 is 1.90 bits per heavy atom. The zero-order valence-electron chi connectivity index (χ0n) is 16.8. The Balaban J connectivity index is 1.50. The molecule has 152 valence electrons. The number of nitrogens with one attached hydrogen (secondary N) is 1. The highest BCUT2D eigenvalue weighted by Crippen LogP contribution is 2.21. The van der Waals surface area contributed by atoms with Gasteiger partial charge in [-0.15, -0.1) is 0 Å². The van der Waals surface area contributed by atoms with Crippen molar-refractivity contribution in [2.24, 2.45) is 0 Å². The van der Waals surface area contributed by atoms with Gasteiger partial charge in [-0.05, 0) is 49.6 Å². The monoisotopic (exact) mass is 394 g/mol. The fourth-order valence-electron chi connectivity index (χ4n) is 3.70. The second-order valence-corrected chi connectivity index (χ2v) is 7.35. The lowest BCUT2D eigenvalue weighted by Crippen LogP contribution is -2.47. The van der Waals surface area contributed by atoms with Crippen LogP contribution in [0.4, 0.5) is 10.1 Å². The van der Waals surface area contributed by atoms with Gasteiger partial charge in [0.1, 0.15) is 11.9 Å². The molecule has 1 aliphatic heterocycles. The van der Waals surface area contributed by atoms with Gasteiger partial charge in [-0.1, -0.05) is 24.3 Å². The molecular weight excluding hydrogens is 367 g/mol. The Labute approximate surface area is 171 Å². The van der Waals surface area contributed by atoms with Crippen LogP contribution in [0.15, 0.2) is 48.5 Å². The van der Waals surface area contributed by atoms with Crippen LogP contribution < -0.4 is 10.2 Å². The Morgan fingerprint density at radius 1 is 1.14 bits per heavy atom. The van der Waals surface area contributed by atoms with Gasteiger partial charge in [0.25, 0.3) is 0 Å². The highest BCUT2D eigenvalue weighted by atomic mass is 19.1. The topological polar surface area (TPSA) is 59.4 Å². The lowest BCUT2D eigenvalue weighted by atomic mass is 10.1. The summed E-state index contributed by atoms with van der Waals surface area (Å²) in [6.45, 7) is 5.74. The molecule has 0 radical (unpaired) electrons. The molecule has 0 bridgehead atoms. The largest absolute Gasteiger partial charge is 0.369 e. The van der Waals surface area contributed by atoms with E-state index in [0.29, 0.717) is 18.5 Å². The molecule has 1 saturated heterocycles. The summed E-state index contributed by atoms with van der Waals surface area (Å²) in [5.41, 5.74) is 2.65. The number of halogens is 1. The number of nitriles is 1. The zero-order valence-corrected chi connectivity index (χ0v) is 16.8. The maximum atomic E-state index is 13.0. The predicted octanol–water partition coefficient (Wildman–Crippen LogP) is 2.96. The molecule has 3 rings (SSSR count). The van der Waals surface area contributed by atoms with Gasteiger partial charge in [0.05, 0.1) is 17.3 Å². The van der Waals surface area contributed by atoms with Crippen LogP contribution in [0.3, 0.4) is 0 Å². The number of hydrogen-bond donors (Lipinski definition) is 1. The number of hydrogen-bond acceptors (Lipinski definition) is 4. The van der Waals surface area contributed by atoms with Gasteiger partial charge in [0, 0.05) is 32.7 Å². The SMILES string of the molecule is C[C@@H](C(=O)NCCc1ccc(F)cc1)N1CCCN(c2ccccc2C#N)CC1. The molecule has 1 heterocycles. The van der Waals surface area contributed by atoms with Crippen molar-refractivity contribution in [3.63, 3.8) is 0 Å². The molecule has 0 unspecified atom stereocenters. The van der Waals surface area contributed by atoms with Crippen molar-refractivity contribution in [3.8, 4) is 6.07 Å². The first-order valence-corrected chi connectivity index (χ1v) is 10.1. The van der Waals surface area contributed by atoms with Gasteiger partial charge >= 0.3 is 0 Å². The van der Waals surface area contributed by atoms with E-state index in [1.165, 1.54) is 12.1 Å². The molecule has 5 nitrogen and oxygen atoms in total. The van der Waals surface area contributed by atoms with E-state index in [2.05, 4.69) is 21.2 Å². The highest BCUT2D eigenvalue weighted by Gasteiger charge is 2.24. The van der Waals surface area contributed by atoms with E-state index in [1.807, 2.05) is 31.2 Å². The first-order chi connectivity index (χ1) is 14.1. The summed E-state index contributed by atoms with van der Waals surface area (Å²) in [6.07, 6.45) is 1.62. The second kappa shape index (κ2) is 10.0. The van der Waals surface area contributed by atoms with Crippen molar-refractivity contribution < 1.29 is 9.18 Å². The fourth-order valence-corrected chi connectivity index (χ4v) is 3.70. The Hall–Kier alpha value is -2.91. The van der Waals surface area contributed by atoms with Gasteiger partial charge in [-0.2, -0.15) is 5.26 Å². The van der Waals surface area contributed by atoms with Crippen molar-refractivity contribution in [1.29, 1.82) is 5.26 Å². The smallest absolute Gasteiger partial charge is 0.237 e. The van der Waals surface area contributed by atoms with Gasteiger partial charge in [0.2, 0.25) is 5.91 Å². The van der Waals surface area contributed by atoms with E-state index in [4.69, 9.17) is 0 Å². The molecule has 1 amide bonds. The average Bonchev–Trinajstić information content (AvgIpc) is 3.00. The van der Waals surface area contributed by atoms with Gasteiger partial charge in [-0.25, -0.2) is 4.39 Å². The first kappa shape index (κ1) is 20.8. The van der Waals surface area contributed by atoms with Crippen molar-refractivity contribution in [3.05, 3.63) is 65.5 Å². The molecule has 2 aromatic rings. The van der Waals surface area contributed by atoms with Gasteiger partial charge < -0.3 is 10.2 Å². The van der Waals surface area contributed by atoms with Crippen LogP contribution in [0.2, 0.25) is 0 Å². The van der Waals surface area contributed by atoms with Crippen LogP contribution in [-0.4, -0.2) is 49.6 Å². The molecule has 1 aliphatic rings. The maximum Gasteiger partial charge on any atom is 0.237 e. The third-order valence-corrected chi connectivity index (χ3v) is 5.45. The molecule has 2 aromatic carbocycles. The lowest BCUT2D eigenvalue weighted by molar-refractivity contribution is -0.125. The predicted molar refractivity (Wildman–Crippen MR) is 112 cm³/mol. The van der Waals surface area contributed by atoms with Crippen LogP contribution in [0, 0.1) is 17.1 Å². The minimum atomic E-state index is -0.251. The Morgan fingerprint density at radius 3 is 2.66 bits per heavy atom. The molecule has 0 spiro atoms. The quantitative estimate of drug-likeness (QED) is 0.818. The number of carbonyl (C=O) groups excluding carboxylic acids is 1. The summed E-state index contributed by atoms with van der Waals surface area (Å²) in [6, 6.07) is 16.1. The van der Waals surface area contributed by atoms with E-state index in [1.54, 1.807) is 12.1 Å². The molecule has 29 heavy (non-hydrogen) atoms. The fraction of sp³-hybridized carbons (Fsp3) is 0.391. The zero-order chi connectivity index (χ0) is 20.6. The summed E-state index contributed by atoms with van der Waals surface area (Å²) in [5, 5.41) is 12.3. The number of rotatable bonds is 6. The summed E-state index contributed by atoms with van der Waals surface area (Å²) >= 11 is 0. The summed E-state index contributed by atoms with van der Waals surface area (Å²) in [7, 11) is 0. The standard InChI is InChI=1S/C23H27FN4O/c1-18(23(29)26-12-11-19-7-9-21(24)10-8-19)27-13-4-14-28(16-15-27)22-6-3-2-5-20(22)17-25/h2-3,5-10,18H,4,11-16H2,1H3,(H,26,29)/t18-/m0/s1. The Kier molecular flexibility index (Phi) is 7.20. The number of para-hydroxylation sites is 1. The maximum absolute atomic E-state index is 13.0. The normalized spacial score (nSPS) is 16.0. The molecule has 0 saturated carbocycles. The van der Waals surface area contributed by atoms with Crippen LogP contribution in [-0.2, 0) is 11.2 Å². The van der Waals surface area contributed by atoms with Gasteiger partial charge in [-0.3, -0.25) is 9.69 Å². The first-order valence-electron chi connectivity index (χ1n) is 10.1. The van der Waals surface area contributed by atoms with Crippen LogP contribution in [0.5, 0.6) is 0 Å². The number of amides is 1. The van der Waals surface area contributed by atoms with Crippen LogP contribution in [0.1, 0.15) is 24.5 Å². The summed E-state index contributed by atoms with van der Waals surface area (Å²) < 4.78 is 13.0. The van der Waals surface area contributed by atoms with Crippen molar-refractivity contribution in [2.75, 3.05) is 37.6 Å². The third kappa shape index (κ3) is 5.55. The molecule has 1 fully saturated rings. The molecule has 0 aromatic heterocycles. The number of carbonyl (C=O) groups is 1. The van der Waals surface area contributed by atoms with E-state index in [-0.39, 0.29) is 17.8 Å². The van der Waals surface area contributed by atoms with E-state index in [9.17, 15) is 14.4 Å². The van der Waals surface area contributed by atoms with E-state index < -0.39 is 0 Å². The van der Waals surface area contributed by atoms with Crippen LogP contribution >= 0.6 is 0 Å². The minimum absolute atomic E-state index is 0.0120. The van der Waals surface area contributed by atoms with E-state index >= 15 is 0 Å². The van der Waals surface area contributed by atoms with Crippen molar-refractivity contribution in [1.82, 2.24) is 10.2 Å². The molecule has 6 heteroatoms. The summed E-state index contributed by atoms with van der Waals surface area (Å²) in [4.78, 5) is 17.0. The highest BCUT2D eigenvalue weighted by molar-refractivity contribution is 5.81. The molecule has 1 N–H and O–H groups in total. The van der Waals surface area contributed by atoms with E-state index in [0.717, 1.165) is 43.9 Å². The second-order valence-electron chi connectivity index (χ2n) is 7.35. The van der Waals surface area contributed by atoms with Crippen molar-refractivity contribution in [2.45, 2.75) is 25.8 Å². The number of anilines is 1. The number of nitrogens with zero attached hydrogens (tertiary/aromatic N) is 3. The third-order valence-electron chi connectivity index (χ3n) is 5.45. The lowest BCUT2D eigenvalue weighted by Gasteiger charge is -2.27. The van der Waals surface area contributed by atoms with Crippen LogP contribution in [0.25, 0.3) is 0 Å². The average molecular weight is 394 g/mol. The van der Waals surface area contributed by atoms with Gasteiger partial charge in [0.15, 0.2) is 0 Å².